The van der Waals surface area contributed by atoms with Crippen molar-refractivity contribution < 1.29 is 19.1 Å². The van der Waals surface area contributed by atoms with E-state index in [4.69, 9.17) is 4.74 Å². The first-order valence-corrected chi connectivity index (χ1v) is 4.20. The average molecular weight is 187 g/mol. The van der Waals surface area contributed by atoms with Gasteiger partial charge in [0.1, 0.15) is 6.54 Å². The van der Waals surface area contributed by atoms with E-state index >= 15 is 0 Å². The van der Waals surface area contributed by atoms with Gasteiger partial charge in [-0.2, -0.15) is 0 Å². The van der Waals surface area contributed by atoms with Crippen LogP contribution in [0.3, 0.4) is 0 Å². The highest BCUT2D eigenvalue weighted by atomic mass is 16.5. The largest absolute Gasteiger partial charge is 0.545 e. The molecule has 0 aliphatic carbocycles. The summed E-state index contributed by atoms with van der Waals surface area (Å²) in [6.45, 7) is 2.83. The maximum Gasteiger partial charge on any atom is 0.152 e. The minimum atomic E-state index is -1.21. The van der Waals surface area contributed by atoms with Crippen molar-refractivity contribution in [1.29, 1.82) is 0 Å². The van der Waals surface area contributed by atoms with Crippen molar-refractivity contribution in [3.8, 4) is 0 Å². The van der Waals surface area contributed by atoms with E-state index in [0.717, 1.165) is 6.08 Å². The summed E-state index contributed by atoms with van der Waals surface area (Å²) in [6, 6.07) is 0. The molecular weight excluding hydrogens is 170 g/mol. The number of rotatable bonds is 5. The Bertz CT molecular complexity index is 203. The van der Waals surface area contributed by atoms with Crippen LogP contribution >= 0.6 is 0 Å². The third-order valence-electron chi connectivity index (χ3n) is 1.24. The van der Waals surface area contributed by atoms with Crippen molar-refractivity contribution >= 4 is 5.97 Å². The lowest BCUT2D eigenvalue weighted by Gasteiger charge is -2.25. The first-order chi connectivity index (χ1) is 5.85. The Kier molecular flexibility index (Phi) is 4.48. The van der Waals surface area contributed by atoms with Crippen LogP contribution in [0.4, 0.5) is 0 Å². The zero-order valence-corrected chi connectivity index (χ0v) is 8.66. The van der Waals surface area contributed by atoms with Crippen LogP contribution in [0.2, 0.25) is 0 Å². The van der Waals surface area contributed by atoms with Gasteiger partial charge in [-0.1, -0.05) is 0 Å². The van der Waals surface area contributed by atoms with Gasteiger partial charge in [0.05, 0.1) is 33.7 Å². The lowest BCUT2D eigenvalue weighted by Crippen LogP contribution is -2.37. The molecule has 0 saturated heterocycles. The Hall–Kier alpha value is -1.03. The number of carbonyl (C=O) groups excluding carboxylic acids is 1. The van der Waals surface area contributed by atoms with Crippen molar-refractivity contribution in [2.75, 3.05) is 34.3 Å². The summed E-state index contributed by atoms with van der Waals surface area (Å²) in [4.78, 5) is 10.3. The number of quaternary nitrogens is 1. The number of ether oxygens (including phenoxy) is 1. The fourth-order valence-corrected chi connectivity index (χ4v) is 0.917. The molecule has 76 valence electrons. The molecule has 0 aliphatic rings. The van der Waals surface area contributed by atoms with Crippen molar-refractivity contribution in [3.63, 3.8) is 0 Å². The van der Waals surface area contributed by atoms with E-state index < -0.39 is 5.97 Å². The monoisotopic (exact) mass is 187 g/mol. The maximum absolute atomic E-state index is 10.3. The maximum atomic E-state index is 10.3. The second-order valence-electron chi connectivity index (χ2n) is 3.81. The highest BCUT2D eigenvalue weighted by molar-refractivity contribution is 5.78. The fraction of sp³-hybridized carbons (Fsp3) is 0.667. The number of likely N-dealkylation sites (N-methyl/N-ethyl adjacent to an activating group) is 1. The second kappa shape index (κ2) is 4.87. The van der Waals surface area contributed by atoms with Crippen molar-refractivity contribution in [1.82, 2.24) is 0 Å². The first kappa shape index (κ1) is 12.0. The van der Waals surface area contributed by atoms with Crippen molar-refractivity contribution in [3.05, 3.63) is 11.8 Å². The third kappa shape index (κ3) is 7.33. The number of carboxylic acid groups (broad SMARTS) is 1. The number of aliphatic carboxylic acids is 1. The predicted octanol–water partition coefficient (Wildman–Crippen LogP) is -0.637. The van der Waals surface area contributed by atoms with E-state index in [1.54, 1.807) is 0 Å². The molecule has 0 heterocycles. The summed E-state index contributed by atoms with van der Waals surface area (Å²) in [5, 5.41) is 10.3. The zero-order chi connectivity index (χ0) is 10.5. The predicted molar refractivity (Wildman–Crippen MR) is 47.6 cm³/mol. The number of carbonyl (C=O) groups is 1. The summed E-state index contributed by atoms with van der Waals surface area (Å²) in [5.74, 6) is -0.757. The topological polar surface area (TPSA) is 49.4 Å². The van der Waals surface area contributed by atoms with Gasteiger partial charge in [0.2, 0.25) is 0 Å². The van der Waals surface area contributed by atoms with Crippen LogP contribution in [0.15, 0.2) is 11.8 Å². The Morgan fingerprint density at radius 2 is 2.00 bits per heavy atom. The van der Waals surface area contributed by atoms with Gasteiger partial charge in [-0.25, -0.2) is 0 Å². The van der Waals surface area contributed by atoms with Gasteiger partial charge in [-0.3, -0.25) is 0 Å². The standard InChI is InChI=1S/C9H17NO3/c1-5-13-8(6-9(11)12)7-10(2,3)4/h6H,5,7H2,1-4H3/b8-6-. The molecule has 0 saturated carbocycles. The Balaban J connectivity index is 4.35. The lowest BCUT2D eigenvalue weighted by atomic mass is 10.4. The molecule has 0 spiro atoms. The quantitative estimate of drug-likeness (QED) is 0.327. The summed E-state index contributed by atoms with van der Waals surface area (Å²) >= 11 is 0. The number of hydrogen-bond donors (Lipinski definition) is 0. The Labute approximate surface area is 79.0 Å². The molecule has 0 fully saturated rings. The lowest BCUT2D eigenvalue weighted by molar-refractivity contribution is -0.866. The average Bonchev–Trinajstić information content (AvgIpc) is 1.81. The number of carboxylic acids is 1. The molecule has 0 aromatic rings. The smallest absolute Gasteiger partial charge is 0.152 e. The molecule has 0 N–H and O–H groups in total. The van der Waals surface area contributed by atoms with Crippen LogP contribution in [0.1, 0.15) is 6.92 Å². The minimum Gasteiger partial charge on any atom is -0.545 e. The zero-order valence-electron chi connectivity index (χ0n) is 8.66. The van der Waals surface area contributed by atoms with E-state index in [-0.39, 0.29) is 0 Å². The fourth-order valence-electron chi connectivity index (χ4n) is 0.917. The van der Waals surface area contributed by atoms with Crippen molar-refractivity contribution in [2.24, 2.45) is 0 Å². The number of hydrogen-bond acceptors (Lipinski definition) is 3. The molecule has 0 radical (unpaired) electrons. The van der Waals surface area contributed by atoms with E-state index in [2.05, 4.69) is 0 Å². The van der Waals surface area contributed by atoms with E-state index in [9.17, 15) is 9.90 Å². The molecular formula is C9H17NO3. The normalized spacial score (nSPS) is 12.8. The van der Waals surface area contributed by atoms with Gasteiger partial charge in [-0.05, 0) is 6.92 Å². The van der Waals surface area contributed by atoms with Crippen LogP contribution in [0.5, 0.6) is 0 Å². The third-order valence-corrected chi connectivity index (χ3v) is 1.24. The van der Waals surface area contributed by atoms with Gasteiger partial charge in [0, 0.05) is 6.08 Å². The van der Waals surface area contributed by atoms with Gasteiger partial charge in [-0.15, -0.1) is 0 Å². The second-order valence-corrected chi connectivity index (χ2v) is 3.81. The van der Waals surface area contributed by atoms with Gasteiger partial charge >= 0.3 is 0 Å². The van der Waals surface area contributed by atoms with Gasteiger partial charge < -0.3 is 19.1 Å². The molecule has 4 heteroatoms. The van der Waals surface area contributed by atoms with Crippen LogP contribution in [-0.4, -0.2) is 44.7 Å². The van der Waals surface area contributed by atoms with E-state index in [1.165, 1.54) is 0 Å². The van der Waals surface area contributed by atoms with Gasteiger partial charge in [0.15, 0.2) is 5.76 Å². The molecule has 0 aromatic heterocycles. The molecule has 0 unspecified atom stereocenters. The molecule has 0 bridgehead atoms. The van der Waals surface area contributed by atoms with Crippen LogP contribution in [0, 0.1) is 0 Å². The molecule has 0 aliphatic heterocycles. The Morgan fingerprint density at radius 3 is 2.31 bits per heavy atom. The Morgan fingerprint density at radius 1 is 1.46 bits per heavy atom. The molecule has 4 nitrogen and oxygen atoms in total. The molecule has 0 rings (SSSR count). The SMILES string of the molecule is CCO/C(=C\C(=O)[O-])C[N+](C)(C)C. The molecule has 0 aromatic carbocycles. The van der Waals surface area contributed by atoms with Gasteiger partial charge in [0.25, 0.3) is 0 Å². The summed E-state index contributed by atoms with van der Waals surface area (Å²) in [7, 11) is 5.88. The molecule has 0 atom stereocenters. The first-order valence-electron chi connectivity index (χ1n) is 4.20. The summed E-state index contributed by atoms with van der Waals surface area (Å²) in [6.07, 6.45) is 1.01. The number of nitrogens with zero attached hydrogens (tertiary/aromatic N) is 1. The summed E-state index contributed by atoms with van der Waals surface area (Å²) < 4.78 is 5.78. The van der Waals surface area contributed by atoms with E-state index in [1.807, 2.05) is 28.1 Å². The van der Waals surface area contributed by atoms with E-state index in [0.29, 0.717) is 23.4 Å². The molecule has 0 amide bonds. The highest BCUT2D eigenvalue weighted by Crippen LogP contribution is 2.03. The highest BCUT2D eigenvalue weighted by Gasteiger charge is 2.11. The minimum absolute atomic E-state index is 0.454. The van der Waals surface area contributed by atoms with Crippen LogP contribution in [0.25, 0.3) is 0 Å². The van der Waals surface area contributed by atoms with Crippen LogP contribution < -0.4 is 5.11 Å². The molecule has 13 heavy (non-hydrogen) atoms. The van der Waals surface area contributed by atoms with Crippen LogP contribution in [-0.2, 0) is 9.53 Å². The van der Waals surface area contributed by atoms with Crippen molar-refractivity contribution in [2.45, 2.75) is 6.92 Å². The summed E-state index contributed by atoms with van der Waals surface area (Å²) in [5.41, 5.74) is 0.